The third-order valence-electron chi connectivity index (χ3n) is 2.12. The van der Waals surface area contributed by atoms with Gasteiger partial charge in [-0.15, -0.1) is 0 Å². The van der Waals surface area contributed by atoms with Crippen LogP contribution in [-0.2, 0) is 6.54 Å². The number of carbonyl (C=O) groups is 1. The van der Waals surface area contributed by atoms with Crippen LogP contribution in [0.4, 0.5) is 0 Å². The summed E-state index contributed by atoms with van der Waals surface area (Å²) in [5, 5.41) is 2.80. The number of halogens is 1. The summed E-state index contributed by atoms with van der Waals surface area (Å²) in [7, 11) is 0. The molecule has 1 aromatic rings. The molecule has 0 aliphatic rings. The van der Waals surface area contributed by atoms with Crippen molar-refractivity contribution < 1.29 is 4.79 Å². The van der Waals surface area contributed by atoms with E-state index in [1.54, 1.807) is 0 Å². The number of aromatic nitrogens is 1. The highest BCUT2D eigenvalue weighted by molar-refractivity contribution is 9.10. The minimum atomic E-state index is -0.0748. The molecule has 5 heteroatoms. The Morgan fingerprint density at radius 2 is 2.38 bits per heavy atom. The second-order valence-electron chi connectivity index (χ2n) is 3.25. The van der Waals surface area contributed by atoms with E-state index in [1.165, 1.54) is 0 Å². The highest BCUT2D eigenvalue weighted by atomic mass is 79.9. The average molecular weight is 286 g/mol. The summed E-state index contributed by atoms with van der Waals surface area (Å²) >= 11 is 3.35. The van der Waals surface area contributed by atoms with Gasteiger partial charge in [0.1, 0.15) is 5.69 Å². The van der Waals surface area contributed by atoms with Crippen LogP contribution in [-0.4, -0.2) is 23.6 Å². The van der Waals surface area contributed by atoms with Crippen molar-refractivity contribution in [2.75, 3.05) is 13.1 Å². The average Bonchev–Trinajstić information content (AvgIpc) is 2.65. The summed E-state index contributed by atoms with van der Waals surface area (Å²) in [5.74, 6) is -0.0748. The number of nitrogens with zero attached hydrogens (tertiary/aromatic N) is 1. The number of nitrogens with two attached hydrogens (primary N) is 1. The van der Waals surface area contributed by atoms with Crippen molar-refractivity contribution in [1.29, 1.82) is 0 Å². The predicted octanol–water partition coefficient (Wildman–Crippen LogP) is 1.52. The molecule has 88 valence electrons. The van der Waals surface area contributed by atoms with Crippen LogP contribution in [0, 0.1) is 0 Å². The van der Waals surface area contributed by atoms with E-state index in [0.29, 0.717) is 18.8 Å². The largest absolute Gasteiger partial charge is 0.347 e. The Morgan fingerprint density at radius 3 is 3.00 bits per heavy atom. The molecule has 1 amide bonds. The lowest BCUT2D eigenvalue weighted by molar-refractivity contribution is 0.0949. The molecule has 0 atom stereocenters. The fraction of sp³-hybridized carbons (Fsp3) is 0.364. The minimum Gasteiger partial charge on any atom is -0.347 e. The van der Waals surface area contributed by atoms with Crippen molar-refractivity contribution in [3.63, 3.8) is 0 Å². The van der Waals surface area contributed by atoms with Gasteiger partial charge in [-0.2, -0.15) is 0 Å². The van der Waals surface area contributed by atoms with E-state index < -0.39 is 0 Å². The zero-order valence-electron chi connectivity index (χ0n) is 9.24. The number of hydrogen-bond acceptors (Lipinski definition) is 2. The maximum Gasteiger partial charge on any atom is 0.268 e. The molecule has 3 N–H and O–H groups in total. The molecule has 0 saturated heterocycles. The van der Waals surface area contributed by atoms with Crippen molar-refractivity contribution in [3.05, 3.63) is 34.6 Å². The molecule has 0 spiro atoms. The van der Waals surface area contributed by atoms with Gasteiger partial charge in [0.15, 0.2) is 0 Å². The number of hydrogen-bond donors (Lipinski definition) is 2. The Kier molecular flexibility index (Phi) is 5.28. The summed E-state index contributed by atoms with van der Waals surface area (Å²) in [4.78, 5) is 11.8. The van der Waals surface area contributed by atoms with Crippen LogP contribution in [0.1, 0.15) is 17.4 Å². The lowest BCUT2D eigenvalue weighted by Gasteiger charge is -2.05. The van der Waals surface area contributed by atoms with Gasteiger partial charge in [0.05, 0.1) is 0 Å². The van der Waals surface area contributed by atoms with E-state index in [9.17, 15) is 4.79 Å². The normalized spacial score (nSPS) is 10.9. The maximum absolute atomic E-state index is 11.8. The molecule has 0 radical (unpaired) electrons. The Hall–Kier alpha value is -1.07. The molecule has 1 heterocycles. The Labute approximate surface area is 104 Å². The standard InChI is InChI=1S/C11H16BrN3O/c1-2-15-8-9(12)7-10(15)11(16)14-6-4-3-5-13/h3-4,7-8H,2,5-6,13H2,1H3,(H,14,16)/b4-3+. The lowest BCUT2D eigenvalue weighted by Crippen LogP contribution is -2.25. The first-order valence-electron chi connectivity index (χ1n) is 5.18. The fourth-order valence-corrected chi connectivity index (χ4v) is 1.81. The molecule has 16 heavy (non-hydrogen) atoms. The van der Waals surface area contributed by atoms with Crippen LogP contribution < -0.4 is 11.1 Å². The summed E-state index contributed by atoms with van der Waals surface area (Å²) in [6.07, 6.45) is 5.55. The zero-order chi connectivity index (χ0) is 12.0. The number of carbonyl (C=O) groups excluding carboxylic acids is 1. The second-order valence-corrected chi connectivity index (χ2v) is 4.16. The smallest absolute Gasteiger partial charge is 0.268 e. The first-order valence-corrected chi connectivity index (χ1v) is 5.97. The molecule has 0 aliphatic carbocycles. The van der Waals surface area contributed by atoms with Crippen molar-refractivity contribution in [2.24, 2.45) is 5.73 Å². The van der Waals surface area contributed by atoms with Gasteiger partial charge in [0.25, 0.3) is 5.91 Å². The molecular weight excluding hydrogens is 270 g/mol. The zero-order valence-corrected chi connectivity index (χ0v) is 10.8. The topological polar surface area (TPSA) is 60.0 Å². The highest BCUT2D eigenvalue weighted by Crippen LogP contribution is 2.14. The maximum atomic E-state index is 11.8. The van der Waals surface area contributed by atoms with E-state index >= 15 is 0 Å². The molecule has 4 nitrogen and oxygen atoms in total. The third-order valence-corrected chi connectivity index (χ3v) is 2.55. The van der Waals surface area contributed by atoms with E-state index in [2.05, 4.69) is 21.2 Å². The van der Waals surface area contributed by atoms with Gasteiger partial charge in [-0.3, -0.25) is 4.79 Å². The van der Waals surface area contributed by atoms with Crippen molar-refractivity contribution >= 4 is 21.8 Å². The van der Waals surface area contributed by atoms with Crippen LogP contribution in [0.5, 0.6) is 0 Å². The number of amides is 1. The van der Waals surface area contributed by atoms with Crippen LogP contribution in [0.25, 0.3) is 0 Å². The van der Waals surface area contributed by atoms with Gasteiger partial charge >= 0.3 is 0 Å². The molecule has 0 unspecified atom stereocenters. The predicted molar refractivity (Wildman–Crippen MR) is 68.3 cm³/mol. The van der Waals surface area contributed by atoms with Crippen molar-refractivity contribution in [1.82, 2.24) is 9.88 Å². The van der Waals surface area contributed by atoms with Gasteiger partial charge in [0.2, 0.25) is 0 Å². The minimum absolute atomic E-state index is 0.0748. The molecule has 0 saturated carbocycles. The first-order chi connectivity index (χ1) is 7.69. The first kappa shape index (κ1) is 13.0. The highest BCUT2D eigenvalue weighted by Gasteiger charge is 2.10. The van der Waals surface area contributed by atoms with Crippen LogP contribution in [0.2, 0.25) is 0 Å². The molecule has 0 bridgehead atoms. The molecule has 1 rings (SSSR count). The van der Waals surface area contributed by atoms with Crippen molar-refractivity contribution in [2.45, 2.75) is 13.5 Å². The van der Waals surface area contributed by atoms with E-state index in [-0.39, 0.29) is 5.91 Å². The van der Waals surface area contributed by atoms with E-state index in [4.69, 9.17) is 5.73 Å². The molecular formula is C11H16BrN3O. The summed E-state index contributed by atoms with van der Waals surface area (Å²) < 4.78 is 2.81. The molecule has 1 aromatic heterocycles. The summed E-state index contributed by atoms with van der Waals surface area (Å²) in [6, 6.07) is 1.81. The SMILES string of the molecule is CCn1cc(Br)cc1C(=O)NC/C=C/CN. The van der Waals surface area contributed by atoms with Gasteiger partial charge < -0.3 is 15.6 Å². The van der Waals surface area contributed by atoms with Crippen LogP contribution in [0.15, 0.2) is 28.9 Å². The number of nitrogens with one attached hydrogen (secondary N) is 1. The molecule has 0 aliphatic heterocycles. The third kappa shape index (κ3) is 3.50. The van der Waals surface area contributed by atoms with Crippen LogP contribution >= 0.6 is 15.9 Å². The number of aryl methyl sites for hydroxylation is 1. The van der Waals surface area contributed by atoms with Gasteiger partial charge in [-0.05, 0) is 28.9 Å². The lowest BCUT2D eigenvalue weighted by atomic mass is 10.4. The van der Waals surface area contributed by atoms with Gasteiger partial charge in [0, 0.05) is 30.3 Å². The summed E-state index contributed by atoms with van der Waals surface area (Å²) in [5.41, 5.74) is 5.96. The molecule has 0 fully saturated rings. The number of rotatable bonds is 5. The Balaban J connectivity index is 2.61. The second kappa shape index (κ2) is 6.50. The van der Waals surface area contributed by atoms with Gasteiger partial charge in [-0.1, -0.05) is 12.2 Å². The quantitative estimate of drug-likeness (QED) is 0.806. The van der Waals surface area contributed by atoms with Crippen molar-refractivity contribution in [3.8, 4) is 0 Å². The fourth-order valence-electron chi connectivity index (χ4n) is 1.35. The Morgan fingerprint density at radius 1 is 1.62 bits per heavy atom. The monoisotopic (exact) mass is 285 g/mol. The van der Waals surface area contributed by atoms with Gasteiger partial charge in [-0.25, -0.2) is 0 Å². The summed E-state index contributed by atoms with van der Waals surface area (Å²) in [6.45, 7) is 3.76. The molecule has 0 aromatic carbocycles. The van der Waals surface area contributed by atoms with E-state index in [0.717, 1.165) is 11.0 Å². The van der Waals surface area contributed by atoms with Crippen LogP contribution in [0.3, 0.4) is 0 Å². The Bertz CT molecular complexity index is 385. The van der Waals surface area contributed by atoms with E-state index in [1.807, 2.05) is 35.9 Å².